The Bertz CT molecular complexity index is 658. The minimum absolute atomic E-state index is 0.139. The number of nitro groups is 1. The van der Waals surface area contributed by atoms with Gasteiger partial charge in [0.2, 0.25) is 5.95 Å². The molecule has 1 heterocycles. The lowest BCUT2D eigenvalue weighted by molar-refractivity contribution is -0.385. The molecular weight excluding hydrogens is 336 g/mol. The van der Waals surface area contributed by atoms with Crippen LogP contribution in [0.15, 0.2) is 41.1 Å². The van der Waals surface area contributed by atoms with Crippen molar-refractivity contribution in [1.82, 2.24) is 9.97 Å². The van der Waals surface area contributed by atoms with Crippen molar-refractivity contribution in [1.29, 1.82) is 0 Å². The second-order valence-electron chi connectivity index (χ2n) is 4.95. The number of nitrogens with zero attached hydrogens (tertiary/aromatic N) is 4. The maximum Gasteiger partial charge on any atom is 0.274 e. The average molecular weight is 349 g/mol. The SMILES string of the molecule is O=[N+]([O-])c1ccccc1CN(c1ncc(Br)cn1)C1CC1. The first-order valence-corrected chi connectivity index (χ1v) is 7.41. The van der Waals surface area contributed by atoms with Crippen LogP contribution in [0.3, 0.4) is 0 Å². The monoisotopic (exact) mass is 348 g/mol. The van der Waals surface area contributed by atoms with Gasteiger partial charge in [-0.3, -0.25) is 10.1 Å². The standard InChI is InChI=1S/C14H13BrN4O2/c15-11-7-16-14(17-8-11)18(12-5-6-12)9-10-3-1-2-4-13(10)19(20)21/h1-4,7-8,12H,5-6,9H2. The van der Waals surface area contributed by atoms with E-state index in [0.717, 1.165) is 17.3 Å². The van der Waals surface area contributed by atoms with Crippen LogP contribution in [0.5, 0.6) is 0 Å². The molecule has 1 aromatic heterocycles. The zero-order valence-corrected chi connectivity index (χ0v) is 12.7. The van der Waals surface area contributed by atoms with Crippen molar-refractivity contribution in [3.63, 3.8) is 0 Å². The minimum Gasteiger partial charge on any atom is -0.333 e. The molecule has 0 radical (unpaired) electrons. The van der Waals surface area contributed by atoms with Crippen LogP contribution >= 0.6 is 15.9 Å². The summed E-state index contributed by atoms with van der Waals surface area (Å²) >= 11 is 3.31. The lowest BCUT2D eigenvalue weighted by Crippen LogP contribution is -2.27. The van der Waals surface area contributed by atoms with Gasteiger partial charge in [-0.1, -0.05) is 18.2 Å². The molecule has 7 heteroatoms. The van der Waals surface area contributed by atoms with Crippen LogP contribution in [0, 0.1) is 10.1 Å². The lowest BCUT2D eigenvalue weighted by atomic mass is 10.1. The third-order valence-electron chi connectivity index (χ3n) is 3.38. The molecule has 0 spiro atoms. The third kappa shape index (κ3) is 3.18. The second kappa shape index (κ2) is 5.77. The van der Waals surface area contributed by atoms with Gasteiger partial charge >= 0.3 is 0 Å². The van der Waals surface area contributed by atoms with Gasteiger partial charge in [-0.15, -0.1) is 0 Å². The van der Waals surface area contributed by atoms with Crippen molar-refractivity contribution in [2.24, 2.45) is 0 Å². The van der Waals surface area contributed by atoms with Gasteiger partial charge in [-0.2, -0.15) is 0 Å². The number of anilines is 1. The molecule has 1 saturated carbocycles. The highest BCUT2D eigenvalue weighted by atomic mass is 79.9. The zero-order chi connectivity index (χ0) is 14.8. The predicted octanol–water partition coefficient (Wildman–Crippen LogP) is 3.32. The molecule has 1 aliphatic rings. The summed E-state index contributed by atoms with van der Waals surface area (Å²) in [4.78, 5) is 21.4. The van der Waals surface area contributed by atoms with E-state index in [-0.39, 0.29) is 10.6 Å². The summed E-state index contributed by atoms with van der Waals surface area (Å²) in [7, 11) is 0. The smallest absolute Gasteiger partial charge is 0.274 e. The molecular formula is C14H13BrN4O2. The van der Waals surface area contributed by atoms with E-state index in [1.54, 1.807) is 24.5 Å². The van der Waals surface area contributed by atoms with E-state index >= 15 is 0 Å². The number of aromatic nitrogens is 2. The van der Waals surface area contributed by atoms with Crippen LogP contribution in [0.4, 0.5) is 11.6 Å². The summed E-state index contributed by atoms with van der Waals surface area (Å²) < 4.78 is 0.813. The van der Waals surface area contributed by atoms with Gasteiger partial charge in [-0.05, 0) is 28.8 Å². The number of rotatable bonds is 5. The number of hydrogen-bond donors (Lipinski definition) is 0. The summed E-state index contributed by atoms with van der Waals surface area (Å²) in [6.45, 7) is 0.448. The Morgan fingerprint density at radius 2 is 1.95 bits per heavy atom. The van der Waals surface area contributed by atoms with E-state index in [2.05, 4.69) is 25.9 Å². The average Bonchev–Trinajstić information content (AvgIpc) is 3.31. The summed E-state index contributed by atoms with van der Waals surface area (Å²) in [6.07, 6.45) is 5.52. The van der Waals surface area contributed by atoms with E-state index in [0.29, 0.717) is 24.1 Å². The lowest BCUT2D eigenvalue weighted by Gasteiger charge is -2.22. The number of halogens is 1. The molecule has 3 rings (SSSR count). The number of benzene rings is 1. The van der Waals surface area contributed by atoms with E-state index in [1.807, 2.05) is 11.0 Å². The van der Waals surface area contributed by atoms with Crippen LogP contribution in [-0.2, 0) is 6.54 Å². The Labute approximate surface area is 130 Å². The molecule has 1 aromatic carbocycles. The van der Waals surface area contributed by atoms with Gasteiger partial charge < -0.3 is 4.90 Å². The van der Waals surface area contributed by atoms with E-state index < -0.39 is 0 Å². The molecule has 6 nitrogen and oxygen atoms in total. The third-order valence-corrected chi connectivity index (χ3v) is 3.79. The first-order chi connectivity index (χ1) is 10.1. The first-order valence-electron chi connectivity index (χ1n) is 6.61. The van der Waals surface area contributed by atoms with Crippen molar-refractivity contribution in [2.45, 2.75) is 25.4 Å². The molecule has 0 atom stereocenters. The van der Waals surface area contributed by atoms with Crippen molar-refractivity contribution in [3.05, 3.63) is 56.8 Å². The normalized spacial score (nSPS) is 14.0. The molecule has 1 aliphatic carbocycles. The van der Waals surface area contributed by atoms with Gasteiger partial charge in [0.05, 0.1) is 15.9 Å². The van der Waals surface area contributed by atoms with E-state index in [4.69, 9.17) is 0 Å². The molecule has 0 saturated heterocycles. The molecule has 108 valence electrons. The molecule has 0 N–H and O–H groups in total. The maximum absolute atomic E-state index is 11.1. The number of nitro benzene ring substituents is 1. The predicted molar refractivity (Wildman–Crippen MR) is 82.0 cm³/mol. The quantitative estimate of drug-likeness (QED) is 0.612. The maximum atomic E-state index is 11.1. The summed E-state index contributed by atoms with van der Waals surface area (Å²) in [6, 6.07) is 7.18. The van der Waals surface area contributed by atoms with E-state index in [1.165, 1.54) is 6.07 Å². The molecule has 0 aliphatic heterocycles. The Morgan fingerprint density at radius 1 is 1.29 bits per heavy atom. The van der Waals surface area contributed by atoms with Gasteiger partial charge in [0.15, 0.2) is 0 Å². The second-order valence-corrected chi connectivity index (χ2v) is 5.86. The van der Waals surface area contributed by atoms with E-state index in [9.17, 15) is 10.1 Å². The minimum atomic E-state index is -0.344. The Morgan fingerprint density at radius 3 is 2.57 bits per heavy atom. The highest BCUT2D eigenvalue weighted by Crippen LogP contribution is 2.32. The number of para-hydroxylation sites is 1. The zero-order valence-electron chi connectivity index (χ0n) is 11.1. The Hall–Kier alpha value is -2.02. The topological polar surface area (TPSA) is 72.2 Å². The molecule has 1 fully saturated rings. The molecule has 0 bridgehead atoms. The molecule has 0 amide bonds. The number of hydrogen-bond acceptors (Lipinski definition) is 5. The first kappa shape index (κ1) is 13.9. The molecule has 2 aromatic rings. The largest absolute Gasteiger partial charge is 0.333 e. The fourth-order valence-electron chi connectivity index (χ4n) is 2.21. The Kier molecular flexibility index (Phi) is 3.83. The molecule has 21 heavy (non-hydrogen) atoms. The van der Waals surface area contributed by atoms with Crippen LogP contribution in [0.1, 0.15) is 18.4 Å². The fraction of sp³-hybridized carbons (Fsp3) is 0.286. The van der Waals surface area contributed by atoms with Gasteiger partial charge in [0, 0.05) is 30.1 Å². The Balaban J connectivity index is 1.90. The van der Waals surface area contributed by atoms with Crippen molar-refractivity contribution in [2.75, 3.05) is 4.90 Å². The van der Waals surface area contributed by atoms with Crippen molar-refractivity contribution >= 4 is 27.6 Å². The molecule has 0 unspecified atom stereocenters. The van der Waals surface area contributed by atoms with Crippen LogP contribution in [0.25, 0.3) is 0 Å². The highest BCUT2D eigenvalue weighted by Gasteiger charge is 2.32. The van der Waals surface area contributed by atoms with Crippen molar-refractivity contribution in [3.8, 4) is 0 Å². The summed E-state index contributed by atoms with van der Waals surface area (Å²) in [5.41, 5.74) is 0.821. The van der Waals surface area contributed by atoms with Crippen LogP contribution in [0.2, 0.25) is 0 Å². The van der Waals surface area contributed by atoms with Gasteiger partial charge in [-0.25, -0.2) is 9.97 Å². The summed E-state index contributed by atoms with van der Waals surface area (Å²) in [5, 5.41) is 11.1. The highest BCUT2D eigenvalue weighted by molar-refractivity contribution is 9.10. The van der Waals surface area contributed by atoms with Crippen LogP contribution in [-0.4, -0.2) is 20.9 Å². The van der Waals surface area contributed by atoms with Crippen molar-refractivity contribution < 1.29 is 4.92 Å². The van der Waals surface area contributed by atoms with Gasteiger partial charge in [0.1, 0.15) is 0 Å². The summed E-state index contributed by atoms with van der Waals surface area (Å²) in [5.74, 6) is 0.610. The van der Waals surface area contributed by atoms with Gasteiger partial charge in [0.25, 0.3) is 5.69 Å². The fourth-order valence-corrected chi connectivity index (χ4v) is 2.41. The van der Waals surface area contributed by atoms with Crippen LogP contribution < -0.4 is 4.90 Å².